The summed E-state index contributed by atoms with van der Waals surface area (Å²) in [5.41, 5.74) is -2.26. The Morgan fingerprint density at radius 2 is 1.00 bits per heavy atom. The standard InChI is InChI=1S/C18H30O7/c1-7-17(5,13(3)19)15(21)24-11-9-23-10-12-25-16(22)18(6,8-2)14(4)20/h7-12H2,1-6H3. The first-order valence-electron chi connectivity index (χ1n) is 8.50. The molecule has 0 bridgehead atoms. The second kappa shape index (κ2) is 10.3. The SMILES string of the molecule is CCC(C)(C(C)=O)C(=O)OCCOCCOC(=O)C(C)(CC)C(C)=O. The molecule has 0 spiro atoms. The highest BCUT2D eigenvalue weighted by molar-refractivity contribution is 6.02. The maximum atomic E-state index is 11.9. The van der Waals surface area contributed by atoms with Gasteiger partial charge in [-0.05, 0) is 40.5 Å². The minimum absolute atomic E-state index is 0.00969. The molecule has 2 unspecified atom stereocenters. The topological polar surface area (TPSA) is 96.0 Å². The smallest absolute Gasteiger partial charge is 0.319 e. The van der Waals surface area contributed by atoms with Crippen molar-refractivity contribution in [3.05, 3.63) is 0 Å². The first kappa shape index (κ1) is 23.2. The molecule has 0 N–H and O–H groups in total. The molecule has 0 aromatic heterocycles. The number of hydrogen-bond acceptors (Lipinski definition) is 7. The molecular formula is C18H30O7. The summed E-state index contributed by atoms with van der Waals surface area (Å²) in [6.45, 7) is 9.59. The third-order valence-corrected chi connectivity index (χ3v) is 4.79. The Morgan fingerprint density at radius 3 is 1.24 bits per heavy atom. The fourth-order valence-corrected chi connectivity index (χ4v) is 1.88. The van der Waals surface area contributed by atoms with E-state index in [-0.39, 0.29) is 38.0 Å². The molecule has 0 heterocycles. The molecule has 0 aliphatic rings. The second-order valence-corrected chi connectivity index (χ2v) is 6.37. The number of ketones is 2. The van der Waals surface area contributed by atoms with Gasteiger partial charge in [0.15, 0.2) is 0 Å². The molecule has 0 radical (unpaired) electrons. The van der Waals surface area contributed by atoms with E-state index in [2.05, 4.69) is 0 Å². The van der Waals surface area contributed by atoms with Crippen LogP contribution in [-0.2, 0) is 33.4 Å². The lowest BCUT2D eigenvalue weighted by molar-refractivity contribution is -0.161. The molecule has 7 nitrogen and oxygen atoms in total. The van der Waals surface area contributed by atoms with Crippen molar-refractivity contribution in [3.63, 3.8) is 0 Å². The van der Waals surface area contributed by atoms with Crippen LogP contribution in [0.4, 0.5) is 0 Å². The quantitative estimate of drug-likeness (QED) is 0.299. The summed E-state index contributed by atoms with van der Waals surface area (Å²) >= 11 is 0. The first-order valence-corrected chi connectivity index (χ1v) is 8.50. The summed E-state index contributed by atoms with van der Waals surface area (Å²) in [5, 5.41) is 0. The Kier molecular flexibility index (Phi) is 9.56. The maximum absolute atomic E-state index is 11.9. The highest BCUT2D eigenvalue weighted by Gasteiger charge is 2.38. The maximum Gasteiger partial charge on any atom is 0.319 e. The highest BCUT2D eigenvalue weighted by atomic mass is 16.6. The van der Waals surface area contributed by atoms with Crippen LogP contribution in [0, 0.1) is 10.8 Å². The van der Waals surface area contributed by atoms with Gasteiger partial charge in [0.05, 0.1) is 13.2 Å². The fraction of sp³-hybridized carbons (Fsp3) is 0.778. The molecule has 0 saturated heterocycles. The van der Waals surface area contributed by atoms with Gasteiger partial charge in [0.1, 0.15) is 35.6 Å². The summed E-state index contributed by atoms with van der Waals surface area (Å²) < 4.78 is 15.3. The minimum atomic E-state index is -1.13. The number of rotatable bonds is 12. The van der Waals surface area contributed by atoms with E-state index in [1.807, 2.05) is 0 Å². The zero-order valence-corrected chi connectivity index (χ0v) is 16.1. The Labute approximate surface area is 149 Å². The molecule has 0 amide bonds. The summed E-state index contributed by atoms with van der Waals surface area (Å²) in [7, 11) is 0. The predicted molar refractivity (Wildman–Crippen MR) is 90.9 cm³/mol. The van der Waals surface area contributed by atoms with E-state index in [4.69, 9.17) is 14.2 Å². The Bertz CT molecular complexity index is 456. The van der Waals surface area contributed by atoms with Gasteiger partial charge >= 0.3 is 11.9 Å². The first-order chi connectivity index (χ1) is 11.6. The molecule has 7 heteroatoms. The number of hydrogen-bond donors (Lipinski definition) is 0. The van der Waals surface area contributed by atoms with E-state index in [9.17, 15) is 19.2 Å². The van der Waals surface area contributed by atoms with E-state index in [1.54, 1.807) is 27.7 Å². The van der Waals surface area contributed by atoms with Crippen LogP contribution in [0.1, 0.15) is 54.4 Å². The molecule has 2 atom stereocenters. The molecule has 0 aromatic carbocycles. The number of esters is 2. The number of carbonyl (C=O) groups is 4. The molecule has 0 aliphatic heterocycles. The van der Waals surface area contributed by atoms with E-state index in [0.717, 1.165) is 0 Å². The van der Waals surface area contributed by atoms with Crippen molar-refractivity contribution in [2.24, 2.45) is 10.8 Å². The zero-order valence-electron chi connectivity index (χ0n) is 16.1. The van der Waals surface area contributed by atoms with Gasteiger partial charge in [-0.3, -0.25) is 19.2 Å². The second-order valence-electron chi connectivity index (χ2n) is 6.37. The average Bonchev–Trinajstić information content (AvgIpc) is 2.58. The Balaban J connectivity index is 4.06. The minimum Gasteiger partial charge on any atom is -0.462 e. The molecule has 144 valence electrons. The highest BCUT2D eigenvalue weighted by Crippen LogP contribution is 2.25. The van der Waals surface area contributed by atoms with Crippen molar-refractivity contribution in [3.8, 4) is 0 Å². The lowest BCUT2D eigenvalue weighted by Crippen LogP contribution is -2.37. The van der Waals surface area contributed by atoms with Crippen LogP contribution in [0.25, 0.3) is 0 Å². The normalized spacial score (nSPS) is 15.6. The van der Waals surface area contributed by atoms with Crippen molar-refractivity contribution >= 4 is 23.5 Å². The molecule has 25 heavy (non-hydrogen) atoms. The fourth-order valence-electron chi connectivity index (χ4n) is 1.88. The van der Waals surface area contributed by atoms with Gasteiger partial charge < -0.3 is 14.2 Å². The van der Waals surface area contributed by atoms with Gasteiger partial charge in [0.2, 0.25) is 0 Å². The number of Topliss-reactive ketones (excluding diaryl/α,β-unsaturated/α-hetero) is 2. The molecule has 0 rings (SSSR count). The lowest BCUT2D eigenvalue weighted by atomic mass is 9.84. The summed E-state index contributed by atoms with van der Waals surface area (Å²) in [4.78, 5) is 46.9. The molecule has 0 aliphatic carbocycles. The van der Waals surface area contributed by atoms with Gasteiger partial charge in [-0.25, -0.2) is 0 Å². The van der Waals surface area contributed by atoms with Crippen LogP contribution in [0.2, 0.25) is 0 Å². The lowest BCUT2D eigenvalue weighted by Gasteiger charge is -2.23. The van der Waals surface area contributed by atoms with Gasteiger partial charge in [-0.1, -0.05) is 13.8 Å². The van der Waals surface area contributed by atoms with E-state index >= 15 is 0 Å². The average molecular weight is 358 g/mol. The van der Waals surface area contributed by atoms with Crippen molar-refractivity contribution in [1.29, 1.82) is 0 Å². The molecule has 0 fully saturated rings. The zero-order chi connectivity index (χ0) is 19.7. The molecular weight excluding hydrogens is 328 g/mol. The van der Waals surface area contributed by atoms with E-state index in [1.165, 1.54) is 13.8 Å². The number of ether oxygens (including phenoxy) is 3. The molecule has 0 saturated carbocycles. The summed E-state index contributed by atoms with van der Waals surface area (Å²) in [6.07, 6.45) is 0.731. The van der Waals surface area contributed by atoms with Gasteiger partial charge in [0.25, 0.3) is 0 Å². The van der Waals surface area contributed by atoms with Crippen LogP contribution in [0.15, 0.2) is 0 Å². The van der Waals surface area contributed by atoms with Gasteiger partial charge in [0, 0.05) is 0 Å². The monoisotopic (exact) mass is 358 g/mol. The van der Waals surface area contributed by atoms with Crippen molar-refractivity contribution in [1.82, 2.24) is 0 Å². The largest absolute Gasteiger partial charge is 0.462 e. The summed E-state index contributed by atoms with van der Waals surface area (Å²) in [5.74, 6) is -1.62. The van der Waals surface area contributed by atoms with E-state index < -0.39 is 22.8 Å². The van der Waals surface area contributed by atoms with Gasteiger partial charge in [-0.2, -0.15) is 0 Å². The predicted octanol–water partition coefficient (Wildman–Crippen LogP) is 2.10. The Hall–Kier alpha value is -1.76. The van der Waals surface area contributed by atoms with Crippen LogP contribution in [0.3, 0.4) is 0 Å². The van der Waals surface area contributed by atoms with E-state index in [0.29, 0.717) is 12.8 Å². The summed E-state index contributed by atoms with van der Waals surface area (Å²) in [6, 6.07) is 0. The molecule has 0 aromatic rings. The van der Waals surface area contributed by atoms with Gasteiger partial charge in [-0.15, -0.1) is 0 Å². The van der Waals surface area contributed by atoms with Crippen LogP contribution < -0.4 is 0 Å². The third-order valence-electron chi connectivity index (χ3n) is 4.79. The Morgan fingerprint density at radius 1 is 0.680 bits per heavy atom. The van der Waals surface area contributed by atoms with Crippen LogP contribution >= 0.6 is 0 Å². The van der Waals surface area contributed by atoms with Crippen molar-refractivity contribution in [2.75, 3.05) is 26.4 Å². The van der Waals surface area contributed by atoms with Crippen LogP contribution in [0.5, 0.6) is 0 Å². The van der Waals surface area contributed by atoms with Crippen LogP contribution in [-0.4, -0.2) is 49.9 Å². The third kappa shape index (κ3) is 6.23. The van der Waals surface area contributed by atoms with Crippen molar-refractivity contribution in [2.45, 2.75) is 54.4 Å². The van der Waals surface area contributed by atoms with Crippen molar-refractivity contribution < 1.29 is 33.4 Å². The number of carbonyl (C=O) groups excluding carboxylic acids is 4.